The summed E-state index contributed by atoms with van der Waals surface area (Å²) in [4.78, 5) is 124. The Balaban J connectivity index is 0.000000106. The van der Waals surface area contributed by atoms with Crippen LogP contribution in [0.2, 0.25) is 0 Å². The Hall–Kier alpha value is -8.94. The third-order valence-electron chi connectivity index (χ3n) is 30.0. The van der Waals surface area contributed by atoms with Crippen molar-refractivity contribution in [2.24, 2.45) is 11.8 Å². The Morgan fingerprint density at radius 3 is 1.22 bits per heavy atom. The molecule has 6 aliphatic carbocycles. The molecule has 0 unspecified atom stereocenters. The summed E-state index contributed by atoms with van der Waals surface area (Å²) in [6, 6.07) is 30.7. The Kier molecular flexibility index (Phi) is 25.7. The monoisotopic (exact) mass is 1920 g/mol. The van der Waals surface area contributed by atoms with Crippen LogP contribution < -0.4 is 15.1 Å². The molecule has 5 saturated heterocycles. The average Bonchev–Trinajstić information content (AvgIpc) is 1.65. The van der Waals surface area contributed by atoms with Gasteiger partial charge in [0.1, 0.15) is 11.6 Å². The summed E-state index contributed by atoms with van der Waals surface area (Å²) in [5.74, 6) is 0.0497. The SMILES string of the molecule is CN1C(=O)C2(CCN(C3CC3)CC2)c2c1cnc1ccc(-c3ccc(F)nc3)cc21.CN1C(=O)C2(CCN(C3CC3)CC2)c2c1cnc1ccc(Br)cc21.COC(=O)C1(c2c([N+](=O)[O-])cnc3ccc(Br)cc23)CCN(C2CC2)CC1.COC(=O)C1CCCCC1.COC(=O)C1CCN(C2CC2)CC1.O=C1Nc2cnc3ccc(Br)cc3c2C12CCN(C1CC1)CC2. The van der Waals surface area contributed by atoms with Gasteiger partial charge in [0.05, 0.1) is 118 Å². The molecule has 668 valence electrons. The zero-order chi connectivity index (χ0) is 88.4. The number of nitro groups is 1. The lowest BCUT2D eigenvalue weighted by Gasteiger charge is -2.40. The highest BCUT2D eigenvalue weighted by Gasteiger charge is 2.57. The highest BCUT2D eigenvalue weighted by molar-refractivity contribution is 9.11. The molecule has 8 aliphatic heterocycles. The van der Waals surface area contributed by atoms with E-state index in [2.05, 4.69) is 125 Å². The molecule has 13 heterocycles. The Morgan fingerprint density at radius 1 is 0.425 bits per heavy atom. The van der Waals surface area contributed by atoms with Crippen LogP contribution in [0.3, 0.4) is 0 Å². The van der Waals surface area contributed by atoms with Gasteiger partial charge in [-0.1, -0.05) is 73.1 Å². The van der Waals surface area contributed by atoms with Gasteiger partial charge < -0.3 is 53.8 Å². The van der Waals surface area contributed by atoms with Crippen molar-refractivity contribution in [3.05, 3.63) is 168 Å². The van der Waals surface area contributed by atoms with Gasteiger partial charge in [0.25, 0.3) is 5.69 Å². The van der Waals surface area contributed by atoms with Gasteiger partial charge in [-0.15, -0.1) is 0 Å². The molecule has 127 heavy (non-hydrogen) atoms. The van der Waals surface area contributed by atoms with Crippen LogP contribution in [0.1, 0.15) is 183 Å². The fraction of sp³-hybridized carbons (Fsp3) is 0.520. The number of benzene rings is 4. The molecule has 29 heteroatoms. The summed E-state index contributed by atoms with van der Waals surface area (Å²) in [6.07, 6.45) is 35.5. The Morgan fingerprint density at radius 2 is 0.803 bits per heavy atom. The van der Waals surface area contributed by atoms with E-state index in [0.29, 0.717) is 35.3 Å². The summed E-state index contributed by atoms with van der Waals surface area (Å²) in [5.41, 5.74) is 9.64. The lowest BCUT2D eigenvalue weighted by Crippen LogP contribution is -2.48. The smallest absolute Gasteiger partial charge is 0.316 e. The van der Waals surface area contributed by atoms with Gasteiger partial charge in [0.15, 0.2) is 0 Å². The molecule has 5 aromatic heterocycles. The quantitative estimate of drug-likeness (QED) is 0.0414. The van der Waals surface area contributed by atoms with Gasteiger partial charge in [-0.3, -0.25) is 53.8 Å². The van der Waals surface area contributed by atoms with E-state index in [0.717, 1.165) is 234 Å². The van der Waals surface area contributed by atoms with Gasteiger partial charge in [-0.05, 0) is 291 Å². The van der Waals surface area contributed by atoms with Crippen molar-refractivity contribution < 1.29 is 52.3 Å². The largest absolute Gasteiger partial charge is 0.469 e. The number of piperidine rings is 5. The van der Waals surface area contributed by atoms with Gasteiger partial charge >= 0.3 is 17.9 Å². The molecule has 0 atom stereocenters. The second-order valence-corrected chi connectivity index (χ2v) is 40.2. The fourth-order valence-corrected chi connectivity index (χ4v) is 23.3. The molecule has 0 bridgehead atoms. The summed E-state index contributed by atoms with van der Waals surface area (Å²) < 4.78 is 30.7. The van der Waals surface area contributed by atoms with Crippen LogP contribution in [0.15, 0.2) is 129 Å². The van der Waals surface area contributed by atoms with Crippen LogP contribution in [0.4, 0.5) is 27.1 Å². The van der Waals surface area contributed by atoms with Crippen LogP contribution in [0.25, 0.3) is 54.7 Å². The molecule has 25 nitrogen and oxygen atoms in total. The van der Waals surface area contributed by atoms with E-state index in [9.17, 15) is 43.3 Å². The number of hydrogen-bond donors (Lipinski definition) is 1. The van der Waals surface area contributed by atoms with E-state index in [1.54, 1.807) is 23.2 Å². The topological polar surface area (TPSA) is 272 Å². The second kappa shape index (κ2) is 36.8. The molecule has 11 fully saturated rings. The first-order valence-electron chi connectivity index (χ1n) is 45.7. The molecule has 3 spiro atoms. The number of rotatable bonds is 11. The summed E-state index contributed by atoms with van der Waals surface area (Å²) in [6.45, 7) is 9.68. The van der Waals surface area contributed by atoms with Crippen LogP contribution >= 0.6 is 47.8 Å². The number of likely N-dealkylation sites (tertiary alicyclic amines) is 5. The molecule has 3 amide bonds. The number of esters is 3. The second-order valence-electron chi connectivity index (χ2n) is 37.4. The molecule has 23 rings (SSSR count). The highest BCUT2D eigenvalue weighted by atomic mass is 79.9. The molecular formula is C98H112Br3FN14O11. The number of hydrogen-bond acceptors (Lipinski definition) is 21. The van der Waals surface area contributed by atoms with E-state index in [1.165, 1.54) is 128 Å². The maximum atomic E-state index is 13.5. The standard InChI is InChI=1S/C24H23FN4O.C19H20BrN3O4.C19H20BrN3O.C18H18BrN3O.C10H17NO2.C8H14O2/c1-28-20-14-26-19-6-2-15(16-3-7-21(25)27-13-16)12-18(19)22(20)24(23(28)30)8-10-29(11-9-24)17-4-5-17;1-27-18(24)19(6-8-22(9-7-19)13-3-4-13)17-14-10-12(20)2-5-15(14)21-11-16(17)23(25)26;1-22-16-11-21-15-5-2-12(20)10-14(15)17(16)19(18(22)24)6-8-23(9-7-19)13-3-4-13;19-11-1-4-14-13(9-11)16-15(10-20-14)21-17(23)18(16)5-7-22(8-6-18)12-2-3-12;1-13-10(12)8-4-6-11(7-5-8)9-2-3-9;1-10-8(9)7-5-3-2-4-6-7/h2-3,6-7,12-14,17H,4-5,8-11H2,1H3;2,5,10-11,13H,3-4,6-9H2,1H3;2,5,10-11,13H,3-4,6-9H2,1H3;1,4,9-10,12H,2-3,5-8H2,(H,21,23);8-9H,2-7H2,1H3;7H,2-6H2,1H3. The first-order chi connectivity index (χ1) is 61.4. The number of anilines is 3. The van der Waals surface area contributed by atoms with Crippen molar-refractivity contribution in [1.29, 1.82) is 0 Å². The van der Waals surface area contributed by atoms with E-state index >= 15 is 0 Å². The van der Waals surface area contributed by atoms with E-state index in [1.807, 2.05) is 86.1 Å². The van der Waals surface area contributed by atoms with Crippen LogP contribution in [-0.2, 0) is 64.6 Å². The molecule has 4 aromatic carbocycles. The van der Waals surface area contributed by atoms with Gasteiger partial charge in [-0.2, -0.15) is 4.39 Å². The normalized spacial score (nSPS) is 22.0. The number of ether oxygens (including phenoxy) is 3. The van der Waals surface area contributed by atoms with Gasteiger partial charge in [0, 0.05) is 108 Å². The van der Waals surface area contributed by atoms with Crippen molar-refractivity contribution in [2.75, 3.05) is 116 Å². The predicted octanol–water partition coefficient (Wildman–Crippen LogP) is 17.2. The lowest BCUT2D eigenvalue weighted by atomic mass is 9.71. The Labute approximate surface area is 765 Å². The van der Waals surface area contributed by atoms with Crippen molar-refractivity contribution in [3.63, 3.8) is 0 Å². The lowest BCUT2D eigenvalue weighted by molar-refractivity contribution is -0.386. The third kappa shape index (κ3) is 17.7. The van der Waals surface area contributed by atoms with Gasteiger partial charge in [-0.25, -0.2) is 9.97 Å². The van der Waals surface area contributed by atoms with Crippen molar-refractivity contribution in [2.45, 2.75) is 212 Å². The third-order valence-corrected chi connectivity index (χ3v) is 31.5. The number of aromatic nitrogens is 5. The molecule has 6 saturated carbocycles. The average molecular weight is 1920 g/mol. The number of amides is 3. The summed E-state index contributed by atoms with van der Waals surface area (Å²) in [5, 5.41) is 18.8. The Bertz CT molecular complexity index is 5720. The number of fused-ring (bicyclic) bond motifs is 13. The van der Waals surface area contributed by atoms with E-state index in [4.69, 9.17) is 9.47 Å². The maximum absolute atomic E-state index is 13.5. The van der Waals surface area contributed by atoms with Crippen LogP contribution in [0, 0.1) is 27.9 Å². The summed E-state index contributed by atoms with van der Waals surface area (Å²) >= 11 is 10.6. The zero-order valence-corrected chi connectivity index (χ0v) is 77.8. The number of carbonyl (C=O) groups excluding carboxylic acids is 6. The predicted molar refractivity (Wildman–Crippen MR) is 497 cm³/mol. The van der Waals surface area contributed by atoms with Gasteiger partial charge in [0.2, 0.25) is 23.7 Å². The fourth-order valence-electron chi connectivity index (χ4n) is 22.2. The number of halogens is 4. The first-order valence-corrected chi connectivity index (χ1v) is 48.1. The van der Waals surface area contributed by atoms with Crippen molar-refractivity contribution >= 4 is 150 Å². The van der Waals surface area contributed by atoms with Crippen molar-refractivity contribution in [1.82, 2.24) is 49.4 Å². The molecule has 0 radical (unpaired) electrons. The molecular weight excluding hydrogens is 1810 g/mol. The number of methoxy groups -OCH3 is 3. The highest BCUT2D eigenvalue weighted by Crippen LogP contribution is 2.56. The molecule has 1 N–H and O–H groups in total. The maximum Gasteiger partial charge on any atom is 0.316 e. The van der Waals surface area contributed by atoms with Crippen LogP contribution in [-0.4, -0.2) is 221 Å². The van der Waals surface area contributed by atoms with Crippen molar-refractivity contribution in [3.8, 4) is 11.1 Å². The summed E-state index contributed by atoms with van der Waals surface area (Å²) in [7, 11) is 8.06. The minimum absolute atomic E-state index is 0.0142. The first kappa shape index (κ1) is 88.7. The minimum Gasteiger partial charge on any atom is -0.469 e. The number of likely N-dealkylation sites (N-methyl/N-ethyl adjacent to an activating group) is 2. The number of nitrogens with zero attached hydrogens (tertiary/aromatic N) is 13. The van der Waals surface area contributed by atoms with Crippen LogP contribution in [0.5, 0.6) is 0 Å². The number of nitrogens with one attached hydrogen (secondary N) is 1. The minimum atomic E-state index is -1.04. The molecule has 9 aromatic rings. The number of carbonyl (C=O) groups is 6. The number of pyridine rings is 5. The van der Waals surface area contributed by atoms with E-state index < -0.39 is 27.7 Å². The molecule has 14 aliphatic rings. The zero-order valence-electron chi connectivity index (χ0n) is 73.1. The van der Waals surface area contributed by atoms with E-state index in [-0.39, 0.29) is 58.0 Å².